The minimum atomic E-state index is -3.28. The number of aromatic nitrogens is 2. The summed E-state index contributed by atoms with van der Waals surface area (Å²) in [5.74, 6) is -0.139. The van der Waals surface area contributed by atoms with Crippen LogP contribution < -0.4 is 9.62 Å². The molecule has 0 saturated carbocycles. The van der Waals surface area contributed by atoms with Crippen molar-refractivity contribution in [1.29, 1.82) is 0 Å². The fraction of sp³-hybridized carbons (Fsp3) is 0.600. The molecule has 1 saturated heterocycles. The molecule has 6 nitrogen and oxygen atoms in total. The summed E-state index contributed by atoms with van der Waals surface area (Å²) in [6, 6.07) is 0. The zero-order valence-corrected chi connectivity index (χ0v) is 10.8. The second kappa shape index (κ2) is 5.15. The van der Waals surface area contributed by atoms with Gasteiger partial charge in [-0.2, -0.15) is 0 Å². The van der Waals surface area contributed by atoms with Crippen LogP contribution in [0, 0.1) is 5.82 Å². The standard InChI is InChI=1S/C10H15FN4O2S/c1-2-14-18(16,17)9-3-4-15(7-9)10-12-5-8(11)6-13-10/h5-6,9,14H,2-4,7H2,1H3/t9-/m0/s1. The van der Waals surface area contributed by atoms with Crippen LogP contribution in [0.2, 0.25) is 0 Å². The quantitative estimate of drug-likeness (QED) is 0.845. The zero-order chi connectivity index (χ0) is 13.2. The average Bonchev–Trinajstić information content (AvgIpc) is 2.80. The average molecular weight is 274 g/mol. The van der Waals surface area contributed by atoms with E-state index in [0.717, 1.165) is 12.4 Å². The van der Waals surface area contributed by atoms with Gasteiger partial charge in [-0.15, -0.1) is 0 Å². The zero-order valence-electron chi connectivity index (χ0n) is 10.0. The number of nitrogens with zero attached hydrogens (tertiary/aromatic N) is 3. The largest absolute Gasteiger partial charge is 0.339 e. The van der Waals surface area contributed by atoms with Crippen LogP contribution in [0.3, 0.4) is 0 Å². The van der Waals surface area contributed by atoms with Crippen molar-refractivity contribution in [2.75, 3.05) is 24.5 Å². The molecule has 2 rings (SSSR count). The topological polar surface area (TPSA) is 75.2 Å². The van der Waals surface area contributed by atoms with E-state index in [-0.39, 0.29) is 0 Å². The summed E-state index contributed by atoms with van der Waals surface area (Å²) >= 11 is 0. The predicted molar refractivity (Wildman–Crippen MR) is 65.2 cm³/mol. The highest BCUT2D eigenvalue weighted by Crippen LogP contribution is 2.20. The fourth-order valence-electron chi connectivity index (χ4n) is 1.95. The minimum absolute atomic E-state index is 0.334. The van der Waals surface area contributed by atoms with Crippen molar-refractivity contribution < 1.29 is 12.8 Å². The highest BCUT2D eigenvalue weighted by atomic mass is 32.2. The Morgan fingerprint density at radius 1 is 1.50 bits per heavy atom. The van der Waals surface area contributed by atoms with Gasteiger partial charge in [0.25, 0.3) is 0 Å². The van der Waals surface area contributed by atoms with Crippen molar-refractivity contribution in [1.82, 2.24) is 14.7 Å². The number of hydrogen-bond donors (Lipinski definition) is 1. The van der Waals surface area contributed by atoms with Gasteiger partial charge in [-0.3, -0.25) is 0 Å². The predicted octanol–water partition coefficient (Wildman–Crippen LogP) is 0.134. The van der Waals surface area contributed by atoms with Gasteiger partial charge in [0.1, 0.15) is 0 Å². The molecule has 1 aliphatic heterocycles. The smallest absolute Gasteiger partial charge is 0.225 e. The minimum Gasteiger partial charge on any atom is -0.339 e. The van der Waals surface area contributed by atoms with Crippen LogP contribution in [-0.2, 0) is 10.0 Å². The first-order valence-corrected chi connectivity index (χ1v) is 7.28. The van der Waals surface area contributed by atoms with Crippen molar-refractivity contribution in [3.63, 3.8) is 0 Å². The first kappa shape index (κ1) is 13.2. The molecule has 100 valence electrons. The Labute approximate surface area is 105 Å². The Morgan fingerprint density at radius 2 is 2.17 bits per heavy atom. The molecule has 0 aromatic carbocycles. The summed E-state index contributed by atoms with van der Waals surface area (Å²) in [5, 5.41) is -0.467. The summed E-state index contributed by atoms with van der Waals surface area (Å²) in [6.45, 7) is 3.02. The number of sulfonamides is 1. The molecule has 1 aromatic rings. The molecule has 1 aromatic heterocycles. The lowest BCUT2D eigenvalue weighted by Crippen LogP contribution is -2.36. The van der Waals surface area contributed by atoms with Crippen LogP contribution in [0.1, 0.15) is 13.3 Å². The van der Waals surface area contributed by atoms with Gasteiger partial charge in [0.15, 0.2) is 5.82 Å². The second-order valence-electron chi connectivity index (χ2n) is 4.10. The number of nitrogens with one attached hydrogen (secondary N) is 1. The normalized spacial score (nSPS) is 20.3. The van der Waals surface area contributed by atoms with Gasteiger partial charge in [0.05, 0.1) is 17.6 Å². The van der Waals surface area contributed by atoms with Gasteiger partial charge in [-0.05, 0) is 6.42 Å². The summed E-state index contributed by atoms with van der Waals surface area (Å²) in [4.78, 5) is 9.44. The first-order valence-electron chi connectivity index (χ1n) is 5.74. The number of hydrogen-bond acceptors (Lipinski definition) is 5. The van der Waals surface area contributed by atoms with E-state index in [2.05, 4.69) is 14.7 Å². The highest BCUT2D eigenvalue weighted by molar-refractivity contribution is 7.90. The molecule has 0 amide bonds. The summed E-state index contributed by atoms with van der Waals surface area (Å²) in [7, 11) is -3.28. The van der Waals surface area contributed by atoms with Gasteiger partial charge in [0.2, 0.25) is 16.0 Å². The second-order valence-corrected chi connectivity index (χ2v) is 6.15. The fourth-order valence-corrected chi connectivity index (χ4v) is 3.38. The van der Waals surface area contributed by atoms with Crippen LogP contribution in [0.5, 0.6) is 0 Å². The maximum absolute atomic E-state index is 12.7. The Hall–Kier alpha value is -1.28. The molecule has 0 bridgehead atoms. The highest BCUT2D eigenvalue weighted by Gasteiger charge is 2.33. The van der Waals surface area contributed by atoms with E-state index in [1.54, 1.807) is 11.8 Å². The molecule has 0 spiro atoms. The molecule has 1 aliphatic rings. The van der Waals surface area contributed by atoms with E-state index >= 15 is 0 Å². The molecular weight excluding hydrogens is 259 g/mol. The Kier molecular flexibility index (Phi) is 3.76. The van der Waals surface area contributed by atoms with E-state index in [1.807, 2.05) is 0 Å². The number of rotatable bonds is 4. The summed E-state index contributed by atoms with van der Waals surface area (Å²) in [5.41, 5.74) is 0. The monoisotopic (exact) mass is 274 g/mol. The molecular formula is C10H15FN4O2S. The third-order valence-electron chi connectivity index (χ3n) is 2.82. The molecule has 18 heavy (non-hydrogen) atoms. The summed E-state index contributed by atoms with van der Waals surface area (Å²) in [6.07, 6.45) is 2.68. The van der Waals surface area contributed by atoms with Crippen LogP contribution in [0.15, 0.2) is 12.4 Å². The van der Waals surface area contributed by atoms with Gasteiger partial charge in [-0.25, -0.2) is 27.5 Å². The number of halogens is 1. The third kappa shape index (κ3) is 2.75. The molecule has 2 heterocycles. The van der Waals surface area contributed by atoms with Crippen molar-refractivity contribution >= 4 is 16.0 Å². The van der Waals surface area contributed by atoms with Gasteiger partial charge in [0, 0.05) is 19.6 Å². The van der Waals surface area contributed by atoms with Gasteiger partial charge in [-0.1, -0.05) is 6.92 Å². The van der Waals surface area contributed by atoms with Crippen molar-refractivity contribution in [2.24, 2.45) is 0 Å². The lowest BCUT2D eigenvalue weighted by Gasteiger charge is -2.16. The molecule has 0 aliphatic carbocycles. The van der Waals surface area contributed by atoms with Gasteiger partial charge < -0.3 is 4.90 Å². The van der Waals surface area contributed by atoms with Crippen molar-refractivity contribution in [2.45, 2.75) is 18.6 Å². The maximum Gasteiger partial charge on any atom is 0.225 e. The van der Waals surface area contributed by atoms with Crippen molar-refractivity contribution in [3.8, 4) is 0 Å². The molecule has 1 N–H and O–H groups in total. The lowest BCUT2D eigenvalue weighted by atomic mass is 10.4. The third-order valence-corrected chi connectivity index (χ3v) is 4.77. The number of anilines is 1. The Bertz CT molecular complexity index is 505. The van der Waals surface area contributed by atoms with Crippen molar-refractivity contribution in [3.05, 3.63) is 18.2 Å². The van der Waals surface area contributed by atoms with Gasteiger partial charge >= 0.3 is 0 Å². The van der Waals surface area contributed by atoms with E-state index in [9.17, 15) is 12.8 Å². The van der Waals surface area contributed by atoms with E-state index in [4.69, 9.17) is 0 Å². The lowest BCUT2D eigenvalue weighted by molar-refractivity contribution is 0.570. The molecule has 0 unspecified atom stereocenters. The van der Waals surface area contributed by atoms with Crippen LogP contribution >= 0.6 is 0 Å². The van der Waals surface area contributed by atoms with Crippen LogP contribution in [0.25, 0.3) is 0 Å². The van der Waals surface area contributed by atoms with E-state index in [0.29, 0.717) is 32.0 Å². The Balaban J connectivity index is 2.07. The maximum atomic E-state index is 12.7. The van der Waals surface area contributed by atoms with Crippen LogP contribution in [-0.4, -0.2) is 43.3 Å². The molecule has 1 atom stereocenters. The molecule has 1 fully saturated rings. The first-order chi connectivity index (χ1) is 8.53. The van der Waals surface area contributed by atoms with Crippen LogP contribution in [0.4, 0.5) is 10.3 Å². The SMILES string of the molecule is CCNS(=O)(=O)[C@H]1CCN(c2ncc(F)cn2)C1. The Morgan fingerprint density at radius 3 is 2.78 bits per heavy atom. The molecule has 0 radical (unpaired) electrons. The molecule has 8 heteroatoms. The summed E-state index contributed by atoms with van der Waals surface area (Å²) < 4.78 is 38.8. The van der Waals surface area contributed by atoms with E-state index < -0.39 is 21.1 Å². The van der Waals surface area contributed by atoms with E-state index in [1.165, 1.54) is 0 Å².